The predicted octanol–water partition coefficient (Wildman–Crippen LogP) is 4.29. The van der Waals surface area contributed by atoms with E-state index in [9.17, 15) is 9.59 Å². The number of carbonyl (C=O) groups excluding carboxylic acids is 2. The van der Waals surface area contributed by atoms with Crippen molar-refractivity contribution < 1.29 is 14.3 Å². The fourth-order valence-electron chi connectivity index (χ4n) is 3.80. The first-order valence-corrected chi connectivity index (χ1v) is 10.2. The average Bonchev–Trinajstić information content (AvgIpc) is 3.13. The number of nitriles is 1. The summed E-state index contributed by atoms with van der Waals surface area (Å²) in [6, 6.07) is 9.67. The summed E-state index contributed by atoms with van der Waals surface area (Å²) in [5.41, 5.74) is 0.901. The summed E-state index contributed by atoms with van der Waals surface area (Å²) in [6.07, 6.45) is 6.31. The summed E-state index contributed by atoms with van der Waals surface area (Å²) in [4.78, 5) is 24.9. The second-order valence-electron chi connectivity index (χ2n) is 8.74. The van der Waals surface area contributed by atoms with Gasteiger partial charge >= 0.3 is 5.97 Å². The van der Waals surface area contributed by atoms with Crippen LogP contribution in [0.3, 0.4) is 0 Å². The van der Waals surface area contributed by atoms with Gasteiger partial charge in [-0.25, -0.2) is 0 Å². The molecule has 2 rings (SSSR count). The van der Waals surface area contributed by atoms with Crippen LogP contribution < -0.4 is 5.32 Å². The molecule has 1 aliphatic rings. The predicted molar refractivity (Wildman–Crippen MR) is 108 cm³/mol. The molecule has 1 aromatic carbocycles. The van der Waals surface area contributed by atoms with E-state index >= 15 is 0 Å². The third kappa shape index (κ3) is 6.67. The molecule has 0 aromatic heterocycles. The van der Waals surface area contributed by atoms with Crippen LogP contribution >= 0.6 is 0 Å². The third-order valence-corrected chi connectivity index (χ3v) is 5.28. The molecule has 0 unspecified atom stereocenters. The van der Waals surface area contributed by atoms with Crippen molar-refractivity contribution in [1.82, 2.24) is 5.32 Å². The maximum Gasteiger partial charge on any atom is 0.306 e. The molecule has 1 fully saturated rings. The number of aryl methyl sites for hydroxylation is 1. The van der Waals surface area contributed by atoms with Gasteiger partial charge in [0.25, 0.3) is 0 Å². The van der Waals surface area contributed by atoms with Crippen molar-refractivity contribution >= 4 is 11.9 Å². The van der Waals surface area contributed by atoms with Crippen molar-refractivity contribution in [2.75, 3.05) is 6.54 Å². The third-order valence-electron chi connectivity index (χ3n) is 5.28. The Kier molecular flexibility index (Phi) is 7.62. The van der Waals surface area contributed by atoms with Gasteiger partial charge in [-0.05, 0) is 70.6 Å². The van der Waals surface area contributed by atoms with Crippen LogP contribution in [0.25, 0.3) is 0 Å². The zero-order chi connectivity index (χ0) is 20.6. The molecular formula is C23H32N2O3. The monoisotopic (exact) mass is 384 g/mol. The Bertz CT molecular complexity index is 705. The van der Waals surface area contributed by atoms with Gasteiger partial charge in [0, 0.05) is 18.4 Å². The highest BCUT2D eigenvalue weighted by Gasteiger charge is 2.41. The smallest absolute Gasteiger partial charge is 0.306 e. The molecule has 0 bridgehead atoms. The van der Waals surface area contributed by atoms with Crippen LogP contribution in [-0.4, -0.2) is 24.0 Å². The minimum Gasteiger partial charge on any atom is -0.460 e. The van der Waals surface area contributed by atoms with Gasteiger partial charge in [-0.15, -0.1) is 0 Å². The first-order chi connectivity index (χ1) is 13.2. The van der Waals surface area contributed by atoms with Crippen LogP contribution in [0.4, 0.5) is 0 Å². The van der Waals surface area contributed by atoms with Crippen molar-refractivity contribution in [3.05, 3.63) is 35.4 Å². The van der Waals surface area contributed by atoms with Gasteiger partial charge in [0.15, 0.2) is 0 Å². The van der Waals surface area contributed by atoms with Crippen LogP contribution in [0.2, 0.25) is 0 Å². The minimum absolute atomic E-state index is 0.0772. The summed E-state index contributed by atoms with van der Waals surface area (Å²) in [7, 11) is 0. The second kappa shape index (κ2) is 9.73. The van der Waals surface area contributed by atoms with Gasteiger partial charge in [-0.1, -0.05) is 25.0 Å². The normalized spacial score (nSPS) is 15.6. The van der Waals surface area contributed by atoms with Crippen LogP contribution in [-0.2, 0) is 20.7 Å². The van der Waals surface area contributed by atoms with E-state index in [2.05, 4.69) is 11.4 Å². The standard InChI is InChI=1S/C23H32N2O3/c1-22(2,3)28-20(26)12-15-23(13-4-5-14-23)21(27)25-16-6-7-18-8-10-19(17-24)11-9-18/h8-11H,4-7,12-16H2,1-3H3,(H,25,27). The summed E-state index contributed by atoms with van der Waals surface area (Å²) in [5.74, 6) is -0.152. The van der Waals surface area contributed by atoms with Crippen molar-refractivity contribution in [1.29, 1.82) is 5.26 Å². The lowest BCUT2D eigenvalue weighted by Crippen LogP contribution is -2.40. The Morgan fingerprint density at radius 2 is 1.82 bits per heavy atom. The van der Waals surface area contributed by atoms with Crippen molar-refractivity contribution in [2.24, 2.45) is 5.41 Å². The maximum atomic E-state index is 12.9. The number of carbonyl (C=O) groups is 2. The van der Waals surface area contributed by atoms with Crippen molar-refractivity contribution in [3.63, 3.8) is 0 Å². The van der Waals surface area contributed by atoms with Crippen LogP contribution in [0.1, 0.15) is 76.8 Å². The first kappa shape index (κ1) is 21.9. The molecule has 0 heterocycles. The van der Waals surface area contributed by atoms with Crippen molar-refractivity contribution in [2.45, 2.75) is 77.7 Å². The highest BCUT2D eigenvalue weighted by atomic mass is 16.6. The lowest BCUT2D eigenvalue weighted by molar-refractivity contribution is -0.155. The summed E-state index contributed by atoms with van der Waals surface area (Å²) < 4.78 is 5.40. The number of nitrogens with one attached hydrogen (secondary N) is 1. The number of rotatable bonds is 8. The molecule has 0 atom stereocenters. The molecule has 0 spiro atoms. The number of benzene rings is 1. The van der Waals surface area contributed by atoms with E-state index in [-0.39, 0.29) is 18.3 Å². The maximum absolute atomic E-state index is 12.9. The molecule has 1 N–H and O–H groups in total. The summed E-state index contributed by atoms with van der Waals surface area (Å²) in [6.45, 7) is 6.19. The lowest BCUT2D eigenvalue weighted by atomic mass is 9.80. The van der Waals surface area contributed by atoms with Crippen LogP contribution in [0.5, 0.6) is 0 Å². The molecule has 0 aliphatic heterocycles. The molecular weight excluding hydrogens is 352 g/mol. The van der Waals surface area contributed by atoms with Crippen LogP contribution in [0.15, 0.2) is 24.3 Å². The molecule has 1 aliphatic carbocycles. The van der Waals surface area contributed by atoms with Gasteiger partial charge in [-0.3, -0.25) is 9.59 Å². The zero-order valence-corrected chi connectivity index (χ0v) is 17.3. The van der Waals surface area contributed by atoms with E-state index in [0.29, 0.717) is 18.5 Å². The number of esters is 1. The molecule has 0 radical (unpaired) electrons. The lowest BCUT2D eigenvalue weighted by Gasteiger charge is -2.28. The van der Waals surface area contributed by atoms with Gasteiger partial charge in [0.1, 0.15) is 5.60 Å². The van der Waals surface area contributed by atoms with E-state index in [1.54, 1.807) is 0 Å². The van der Waals surface area contributed by atoms with Gasteiger partial charge in [0.2, 0.25) is 5.91 Å². The highest BCUT2D eigenvalue weighted by Crippen LogP contribution is 2.42. The Morgan fingerprint density at radius 1 is 1.18 bits per heavy atom. The molecule has 5 nitrogen and oxygen atoms in total. The summed E-state index contributed by atoms with van der Waals surface area (Å²) in [5, 5.41) is 11.9. The highest BCUT2D eigenvalue weighted by molar-refractivity contribution is 5.83. The van der Waals surface area contributed by atoms with Crippen LogP contribution in [0, 0.1) is 16.7 Å². The topological polar surface area (TPSA) is 79.2 Å². The fourth-order valence-corrected chi connectivity index (χ4v) is 3.80. The number of hydrogen-bond donors (Lipinski definition) is 1. The fraction of sp³-hybridized carbons (Fsp3) is 0.609. The van der Waals surface area contributed by atoms with Crippen molar-refractivity contribution in [3.8, 4) is 6.07 Å². The van der Waals surface area contributed by atoms with E-state index < -0.39 is 11.0 Å². The average molecular weight is 385 g/mol. The Morgan fingerprint density at radius 3 is 2.39 bits per heavy atom. The van der Waals surface area contributed by atoms with E-state index in [0.717, 1.165) is 44.1 Å². The molecule has 28 heavy (non-hydrogen) atoms. The van der Waals surface area contributed by atoms with Gasteiger partial charge in [-0.2, -0.15) is 5.26 Å². The Hall–Kier alpha value is -2.35. The second-order valence-corrected chi connectivity index (χ2v) is 8.74. The molecule has 1 saturated carbocycles. The summed E-state index contributed by atoms with van der Waals surface area (Å²) >= 11 is 0. The van der Waals surface area contributed by atoms with E-state index in [4.69, 9.17) is 10.00 Å². The largest absolute Gasteiger partial charge is 0.460 e. The molecule has 1 amide bonds. The minimum atomic E-state index is -0.492. The molecule has 152 valence electrons. The Labute approximate surface area is 168 Å². The number of nitrogens with zero attached hydrogens (tertiary/aromatic N) is 1. The van der Waals surface area contributed by atoms with E-state index in [1.165, 1.54) is 0 Å². The molecule has 1 aromatic rings. The number of ether oxygens (including phenoxy) is 1. The first-order valence-electron chi connectivity index (χ1n) is 10.2. The van der Waals surface area contributed by atoms with Gasteiger partial charge in [0.05, 0.1) is 11.6 Å². The number of amides is 1. The quantitative estimate of drug-likeness (QED) is 0.536. The van der Waals surface area contributed by atoms with Gasteiger partial charge < -0.3 is 10.1 Å². The van der Waals surface area contributed by atoms with E-state index in [1.807, 2.05) is 45.0 Å². The SMILES string of the molecule is CC(C)(C)OC(=O)CCC1(C(=O)NCCCc2ccc(C#N)cc2)CCCC1. The zero-order valence-electron chi connectivity index (χ0n) is 17.3. The molecule has 0 saturated heterocycles. The molecule has 5 heteroatoms. The number of hydrogen-bond acceptors (Lipinski definition) is 4. The Balaban J connectivity index is 1.80.